The van der Waals surface area contributed by atoms with Crippen LogP contribution in [0.4, 0.5) is 0 Å². The molecule has 0 aliphatic rings. The molecule has 0 atom stereocenters. The maximum atomic E-state index is 11.6. The molecule has 0 amide bonds. The van der Waals surface area contributed by atoms with Gasteiger partial charge in [-0.1, -0.05) is 43.8 Å². The topological polar surface area (TPSA) is 169 Å². The van der Waals surface area contributed by atoms with Crippen molar-refractivity contribution in [3.8, 4) is 22.5 Å². The highest BCUT2D eigenvalue weighted by Gasteiger charge is 2.20. The average Bonchev–Trinajstić information content (AvgIpc) is 3.81. The number of benzene rings is 1. The van der Waals surface area contributed by atoms with E-state index in [4.69, 9.17) is 13.9 Å². The molecule has 0 radical (unpaired) electrons. The van der Waals surface area contributed by atoms with Crippen LogP contribution in [-0.2, 0) is 14.2 Å². The Morgan fingerprint density at radius 2 is 1.27 bits per heavy atom. The van der Waals surface area contributed by atoms with Gasteiger partial charge >= 0.3 is 17.9 Å². The Balaban J connectivity index is 0.000000174. The molecule has 214 valence electrons. The third-order valence-corrected chi connectivity index (χ3v) is 6.98. The first-order valence-corrected chi connectivity index (χ1v) is 14.2. The molecule has 0 aliphatic carbocycles. The molecule has 41 heavy (non-hydrogen) atoms. The van der Waals surface area contributed by atoms with Crippen molar-refractivity contribution in [2.75, 3.05) is 20.3 Å². The Morgan fingerprint density at radius 3 is 1.73 bits per heavy atom. The van der Waals surface area contributed by atoms with Gasteiger partial charge in [0.05, 0.1) is 38.5 Å². The van der Waals surface area contributed by atoms with Gasteiger partial charge in [0.25, 0.3) is 0 Å². The molecule has 16 heteroatoms. The summed E-state index contributed by atoms with van der Waals surface area (Å²) in [5, 5.41) is 11.5. The van der Waals surface area contributed by atoms with E-state index in [1.807, 2.05) is 30.3 Å². The van der Waals surface area contributed by atoms with Crippen molar-refractivity contribution in [1.82, 2.24) is 28.8 Å². The number of hydrogen-bond acceptors (Lipinski definition) is 16. The predicted octanol–water partition coefficient (Wildman–Crippen LogP) is 4.99. The van der Waals surface area contributed by atoms with Gasteiger partial charge in [0.1, 0.15) is 11.4 Å². The zero-order chi connectivity index (χ0) is 29.6. The smallest absolute Gasteiger partial charge is 0.352 e. The number of rotatable bonds is 7. The van der Waals surface area contributed by atoms with Gasteiger partial charge in [0, 0.05) is 11.1 Å². The molecular weight excluding hydrogens is 593 g/mol. The summed E-state index contributed by atoms with van der Waals surface area (Å²) in [6, 6.07) is 11.2. The summed E-state index contributed by atoms with van der Waals surface area (Å²) in [5.41, 5.74) is 3.32. The second-order valence-corrected chi connectivity index (χ2v) is 9.66. The van der Waals surface area contributed by atoms with Crippen LogP contribution < -0.4 is 0 Å². The van der Waals surface area contributed by atoms with Crippen molar-refractivity contribution in [1.29, 1.82) is 0 Å². The number of furan rings is 1. The van der Waals surface area contributed by atoms with Gasteiger partial charge < -0.3 is 18.6 Å². The van der Waals surface area contributed by atoms with Crippen LogP contribution in [0.2, 0.25) is 0 Å². The largest absolute Gasteiger partial charge is 0.472 e. The summed E-state index contributed by atoms with van der Waals surface area (Å²) in [6.45, 7) is 5.93. The van der Waals surface area contributed by atoms with Crippen molar-refractivity contribution in [3.05, 3.63) is 69.2 Å². The minimum absolute atomic E-state index is 0.335. The van der Waals surface area contributed by atoms with Gasteiger partial charge in [0.2, 0.25) is 0 Å². The predicted molar refractivity (Wildman–Crippen MR) is 151 cm³/mol. The van der Waals surface area contributed by atoms with Crippen LogP contribution in [-0.4, -0.2) is 67.0 Å². The maximum absolute atomic E-state index is 11.6. The van der Waals surface area contributed by atoms with Crippen LogP contribution in [0, 0.1) is 6.92 Å². The molecule has 4 aromatic heterocycles. The normalized spacial score (nSPS) is 9.95. The van der Waals surface area contributed by atoms with Crippen molar-refractivity contribution >= 4 is 52.5 Å². The molecule has 0 saturated heterocycles. The third-order valence-electron chi connectivity index (χ3n) is 4.76. The molecular formula is C25H24N6O7S3. The first kappa shape index (κ1) is 31.1. The van der Waals surface area contributed by atoms with Crippen LogP contribution >= 0.6 is 34.6 Å². The highest BCUT2D eigenvalue weighted by Crippen LogP contribution is 2.25. The van der Waals surface area contributed by atoms with Crippen LogP contribution in [0.3, 0.4) is 0 Å². The van der Waals surface area contributed by atoms with E-state index in [1.54, 1.807) is 26.8 Å². The molecule has 0 saturated carbocycles. The van der Waals surface area contributed by atoms with Crippen LogP contribution in [0.25, 0.3) is 22.5 Å². The standard InChI is InChI=1S/C11H10N2O2S.C9H8N2O3S.C5H6N2O2S/c1-2-15-11(14)10-9(12-13-16-10)8-6-4-3-5-7-8;1-2-14-9(12)8-7(10-11-15-8)6-3-4-13-5-6;1-3-4(5(8)9-2)10-7-6-3/h3-7H,2H2,1H3;3-5H,2H2,1H3;1-2H3. The Morgan fingerprint density at radius 1 is 0.732 bits per heavy atom. The van der Waals surface area contributed by atoms with Gasteiger partial charge in [-0.2, -0.15) is 0 Å². The van der Waals surface area contributed by atoms with E-state index in [1.165, 1.54) is 19.6 Å². The Labute approximate surface area is 246 Å². The molecule has 1 aromatic carbocycles. The Kier molecular flexibility index (Phi) is 12.1. The van der Waals surface area contributed by atoms with Crippen molar-refractivity contribution in [3.63, 3.8) is 0 Å². The average molecular weight is 617 g/mol. The zero-order valence-electron chi connectivity index (χ0n) is 22.3. The second kappa shape index (κ2) is 16.0. The summed E-state index contributed by atoms with van der Waals surface area (Å²) in [6.07, 6.45) is 3.03. The van der Waals surface area contributed by atoms with E-state index in [0.717, 1.165) is 45.7 Å². The van der Waals surface area contributed by atoms with E-state index in [9.17, 15) is 14.4 Å². The monoisotopic (exact) mass is 616 g/mol. The molecule has 0 N–H and O–H groups in total. The van der Waals surface area contributed by atoms with E-state index < -0.39 is 5.97 Å². The molecule has 0 unspecified atom stereocenters. The number of aromatic nitrogens is 6. The van der Waals surface area contributed by atoms with E-state index in [-0.39, 0.29) is 11.9 Å². The summed E-state index contributed by atoms with van der Waals surface area (Å²) in [4.78, 5) is 35.2. The molecule has 5 rings (SSSR count). The summed E-state index contributed by atoms with van der Waals surface area (Å²) in [5.74, 6) is -1.13. The van der Waals surface area contributed by atoms with Gasteiger partial charge in [-0.25, -0.2) is 14.4 Å². The number of nitrogens with zero attached hydrogens (tertiary/aromatic N) is 6. The summed E-state index contributed by atoms with van der Waals surface area (Å²) in [7, 11) is 1.33. The SMILES string of the molecule is CCOC(=O)c1snnc1-c1ccccc1.CCOC(=O)c1snnc1-c1ccoc1.COC(=O)c1snnc1C. The fourth-order valence-electron chi connectivity index (χ4n) is 2.93. The number of esters is 3. The minimum Gasteiger partial charge on any atom is -0.472 e. The van der Waals surface area contributed by atoms with Gasteiger partial charge in [-0.05, 0) is 61.4 Å². The first-order chi connectivity index (χ1) is 19.9. The first-order valence-electron chi connectivity index (χ1n) is 11.8. The van der Waals surface area contributed by atoms with E-state index >= 15 is 0 Å². The number of carbonyl (C=O) groups excluding carboxylic acids is 3. The van der Waals surface area contributed by atoms with Gasteiger partial charge in [0.15, 0.2) is 14.6 Å². The summed E-state index contributed by atoms with van der Waals surface area (Å²) < 4.78 is 30.3. The lowest BCUT2D eigenvalue weighted by Crippen LogP contribution is -2.03. The highest BCUT2D eigenvalue weighted by atomic mass is 32.1. The van der Waals surface area contributed by atoms with Crippen LogP contribution in [0.15, 0.2) is 53.3 Å². The Bertz CT molecular complexity index is 1530. The number of hydrogen-bond donors (Lipinski definition) is 0. The molecule has 0 aliphatic heterocycles. The molecule has 0 spiro atoms. The van der Waals surface area contributed by atoms with Crippen molar-refractivity contribution in [2.24, 2.45) is 0 Å². The van der Waals surface area contributed by atoms with Gasteiger partial charge in [-0.15, -0.1) is 15.3 Å². The number of carbonyl (C=O) groups is 3. The lowest BCUT2D eigenvalue weighted by atomic mass is 10.1. The fourth-order valence-corrected chi connectivity index (χ4v) is 4.67. The highest BCUT2D eigenvalue weighted by molar-refractivity contribution is 7.08. The maximum Gasteiger partial charge on any atom is 0.352 e. The fraction of sp³-hybridized carbons (Fsp3) is 0.240. The van der Waals surface area contributed by atoms with Crippen LogP contribution in [0.5, 0.6) is 0 Å². The minimum atomic E-state index is -0.399. The van der Waals surface area contributed by atoms with E-state index in [2.05, 4.69) is 33.5 Å². The third kappa shape index (κ3) is 8.54. The molecule has 0 bridgehead atoms. The van der Waals surface area contributed by atoms with Crippen molar-refractivity contribution < 1.29 is 33.0 Å². The van der Waals surface area contributed by atoms with E-state index in [0.29, 0.717) is 44.9 Å². The molecule has 0 fully saturated rings. The van der Waals surface area contributed by atoms with Gasteiger partial charge in [-0.3, -0.25) is 0 Å². The number of methoxy groups -OCH3 is 1. The molecule has 13 nitrogen and oxygen atoms in total. The summed E-state index contributed by atoms with van der Waals surface area (Å²) >= 11 is 3.12. The molecule has 5 aromatic rings. The Hall–Kier alpha value is -4.41. The molecule has 4 heterocycles. The number of ether oxygens (including phenoxy) is 3. The lowest BCUT2D eigenvalue weighted by Gasteiger charge is -2.00. The second-order valence-electron chi connectivity index (χ2n) is 7.40. The quantitative estimate of drug-likeness (QED) is 0.177. The number of aryl methyl sites for hydroxylation is 1. The van der Waals surface area contributed by atoms with Crippen LogP contribution in [0.1, 0.15) is 48.6 Å². The zero-order valence-corrected chi connectivity index (χ0v) is 24.7. The van der Waals surface area contributed by atoms with Crippen molar-refractivity contribution in [2.45, 2.75) is 20.8 Å². The lowest BCUT2D eigenvalue weighted by molar-refractivity contribution is 0.0523.